The second-order valence-electron chi connectivity index (χ2n) is 7.98. The number of hydrogen-bond acceptors (Lipinski definition) is 5. The van der Waals surface area contributed by atoms with Gasteiger partial charge in [-0.05, 0) is 57.3 Å². The summed E-state index contributed by atoms with van der Waals surface area (Å²) in [5.74, 6) is -1.65. The minimum Gasteiger partial charge on any atom is -0.375 e. The largest absolute Gasteiger partial charge is 0.375 e. The maximum Gasteiger partial charge on any atom is 0.234 e. The van der Waals surface area contributed by atoms with Gasteiger partial charge in [0.1, 0.15) is 5.82 Å². The Bertz CT molecular complexity index is 728. The predicted octanol–water partition coefficient (Wildman–Crippen LogP) is 2.08. The zero-order valence-electron chi connectivity index (χ0n) is 16.1. The van der Waals surface area contributed by atoms with E-state index in [9.17, 15) is 14.0 Å². The monoisotopic (exact) mass is 389 g/mol. The number of carbonyl (C=O) groups excluding carboxylic acids is 2. The number of nitrogens with one attached hydrogen (secondary N) is 2. The smallest absolute Gasteiger partial charge is 0.234 e. The van der Waals surface area contributed by atoms with Crippen LogP contribution in [0.25, 0.3) is 0 Å². The van der Waals surface area contributed by atoms with Crippen LogP contribution in [0.1, 0.15) is 50.0 Å². The van der Waals surface area contributed by atoms with Crippen molar-refractivity contribution in [3.8, 4) is 0 Å². The predicted molar refractivity (Wildman–Crippen MR) is 104 cm³/mol. The summed E-state index contributed by atoms with van der Waals surface area (Å²) in [4.78, 5) is 25.5. The molecule has 0 bridgehead atoms. The lowest BCUT2D eigenvalue weighted by atomic mass is 9.90. The van der Waals surface area contributed by atoms with Crippen LogP contribution in [-0.2, 0) is 14.3 Å². The molecule has 2 N–H and O–H groups in total. The molecule has 0 aliphatic carbocycles. The molecular formula is C21H28FN3O3. The number of rotatable bonds is 4. The van der Waals surface area contributed by atoms with Gasteiger partial charge in [0.15, 0.2) is 0 Å². The molecule has 1 aromatic rings. The number of benzene rings is 1. The second kappa shape index (κ2) is 8.57. The summed E-state index contributed by atoms with van der Waals surface area (Å²) in [5.41, 5.74) is 1.21. The van der Waals surface area contributed by atoms with E-state index in [-0.39, 0.29) is 24.2 Å². The van der Waals surface area contributed by atoms with E-state index in [0.717, 1.165) is 57.5 Å². The van der Waals surface area contributed by atoms with Crippen LogP contribution in [-0.4, -0.2) is 50.2 Å². The zero-order chi connectivity index (χ0) is 19.5. The number of imide groups is 1. The number of ether oxygens (including phenoxy) is 1. The molecular weight excluding hydrogens is 361 g/mol. The molecule has 3 heterocycles. The average Bonchev–Trinajstić information content (AvgIpc) is 2.70. The Labute approximate surface area is 164 Å². The van der Waals surface area contributed by atoms with E-state index in [1.807, 2.05) is 6.07 Å². The van der Waals surface area contributed by atoms with Crippen LogP contribution < -0.4 is 15.5 Å². The lowest BCUT2D eigenvalue weighted by molar-refractivity contribution is -0.134. The van der Waals surface area contributed by atoms with Gasteiger partial charge in [-0.3, -0.25) is 14.9 Å². The van der Waals surface area contributed by atoms with Crippen molar-refractivity contribution >= 4 is 17.5 Å². The van der Waals surface area contributed by atoms with Gasteiger partial charge in [-0.1, -0.05) is 6.07 Å². The van der Waals surface area contributed by atoms with Gasteiger partial charge in [-0.15, -0.1) is 0 Å². The molecule has 0 radical (unpaired) electrons. The summed E-state index contributed by atoms with van der Waals surface area (Å²) >= 11 is 0. The van der Waals surface area contributed by atoms with E-state index in [2.05, 4.69) is 15.5 Å². The fourth-order valence-electron chi connectivity index (χ4n) is 4.44. The topological polar surface area (TPSA) is 70.7 Å². The third-order valence-electron chi connectivity index (χ3n) is 6.08. The molecule has 0 spiro atoms. The highest BCUT2D eigenvalue weighted by Gasteiger charge is 2.30. The highest BCUT2D eigenvalue weighted by molar-refractivity contribution is 6.01. The highest BCUT2D eigenvalue weighted by atomic mass is 19.1. The van der Waals surface area contributed by atoms with Crippen LogP contribution in [0.4, 0.5) is 10.1 Å². The van der Waals surface area contributed by atoms with Gasteiger partial charge in [0.05, 0.1) is 18.1 Å². The van der Waals surface area contributed by atoms with Crippen molar-refractivity contribution in [1.29, 1.82) is 0 Å². The van der Waals surface area contributed by atoms with Crippen molar-refractivity contribution in [1.82, 2.24) is 10.6 Å². The van der Waals surface area contributed by atoms with Gasteiger partial charge in [0.25, 0.3) is 0 Å². The van der Waals surface area contributed by atoms with Crippen LogP contribution in [0.5, 0.6) is 0 Å². The summed E-state index contributed by atoms with van der Waals surface area (Å²) in [6.45, 7) is 3.74. The molecule has 3 fully saturated rings. The molecule has 6 nitrogen and oxygen atoms in total. The molecule has 4 rings (SSSR count). The van der Waals surface area contributed by atoms with Gasteiger partial charge in [-0.2, -0.15) is 0 Å². The van der Waals surface area contributed by atoms with E-state index in [1.165, 1.54) is 6.07 Å². The Hall–Kier alpha value is -1.99. The van der Waals surface area contributed by atoms with Crippen molar-refractivity contribution in [2.24, 2.45) is 0 Å². The van der Waals surface area contributed by atoms with Gasteiger partial charge in [0.2, 0.25) is 11.8 Å². The van der Waals surface area contributed by atoms with Gasteiger partial charge in [-0.25, -0.2) is 4.39 Å². The summed E-state index contributed by atoms with van der Waals surface area (Å²) < 4.78 is 21.0. The van der Waals surface area contributed by atoms with Crippen molar-refractivity contribution in [2.45, 2.75) is 56.7 Å². The first-order valence-electron chi connectivity index (χ1n) is 10.3. The van der Waals surface area contributed by atoms with E-state index >= 15 is 0 Å². The Morgan fingerprint density at radius 1 is 1.00 bits per heavy atom. The summed E-state index contributed by atoms with van der Waals surface area (Å²) in [7, 11) is 0. The molecule has 1 aromatic carbocycles. The van der Waals surface area contributed by atoms with E-state index in [1.54, 1.807) is 6.07 Å². The van der Waals surface area contributed by atoms with Crippen LogP contribution in [0.3, 0.4) is 0 Å². The van der Waals surface area contributed by atoms with Crippen LogP contribution in [0, 0.1) is 5.82 Å². The van der Waals surface area contributed by atoms with Gasteiger partial charge < -0.3 is 15.0 Å². The molecule has 1 atom stereocenters. The number of nitrogens with zero attached hydrogens (tertiary/aromatic N) is 1. The van der Waals surface area contributed by atoms with Crippen LogP contribution in [0.2, 0.25) is 0 Å². The maximum atomic E-state index is 14.7. The third kappa shape index (κ3) is 4.36. The minimum absolute atomic E-state index is 0.252. The number of amides is 2. The second-order valence-corrected chi connectivity index (χ2v) is 7.98. The van der Waals surface area contributed by atoms with Gasteiger partial charge >= 0.3 is 0 Å². The van der Waals surface area contributed by atoms with Crippen LogP contribution >= 0.6 is 0 Å². The SMILES string of the molecule is O=C1CCC(c2ccc(N3CCC(OC4CCNCC4)CC3)cc2F)C(=O)N1. The lowest BCUT2D eigenvalue weighted by Crippen LogP contribution is -2.41. The highest BCUT2D eigenvalue weighted by Crippen LogP contribution is 2.31. The normalized spacial score (nSPS) is 25.0. The van der Waals surface area contributed by atoms with Crippen molar-refractivity contribution in [3.63, 3.8) is 0 Å². The molecule has 0 aromatic heterocycles. The van der Waals surface area contributed by atoms with E-state index in [4.69, 9.17) is 4.74 Å². The molecule has 3 saturated heterocycles. The van der Waals surface area contributed by atoms with Crippen molar-refractivity contribution in [2.75, 3.05) is 31.1 Å². The Morgan fingerprint density at radius 3 is 2.39 bits per heavy atom. The molecule has 3 aliphatic heterocycles. The number of piperidine rings is 3. The zero-order valence-corrected chi connectivity index (χ0v) is 16.1. The standard InChI is InChI=1S/C21H28FN3O3/c22-19-13-14(1-2-17(19)18-3-4-20(26)24-21(18)27)25-11-7-16(8-12-25)28-15-5-9-23-10-6-15/h1-2,13,15-16,18,23H,3-12H2,(H,24,26,27). The summed E-state index contributed by atoms with van der Waals surface area (Å²) in [6.07, 6.45) is 5.30. The van der Waals surface area contributed by atoms with E-state index in [0.29, 0.717) is 18.1 Å². The molecule has 1 unspecified atom stereocenters. The summed E-state index contributed by atoms with van der Waals surface area (Å²) in [6, 6.07) is 5.10. The van der Waals surface area contributed by atoms with Crippen molar-refractivity contribution < 1.29 is 18.7 Å². The first kappa shape index (κ1) is 19.3. The van der Waals surface area contributed by atoms with Gasteiger partial charge in [0, 0.05) is 30.8 Å². The number of carbonyl (C=O) groups is 2. The third-order valence-corrected chi connectivity index (χ3v) is 6.08. The molecule has 7 heteroatoms. The quantitative estimate of drug-likeness (QED) is 0.772. The number of hydrogen-bond donors (Lipinski definition) is 2. The fourth-order valence-corrected chi connectivity index (χ4v) is 4.44. The van der Waals surface area contributed by atoms with Crippen molar-refractivity contribution in [3.05, 3.63) is 29.6 Å². The maximum absolute atomic E-state index is 14.7. The molecule has 152 valence electrons. The first-order valence-corrected chi connectivity index (χ1v) is 10.3. The Morgan fingerprint density at radius 2 is 1.71 bits per heavy atom. The molecule has 3 aliphatic rings. The summed E-state index contributed by atoms with van der Waals surface area (Å²) in [5, 5.41) is 5.65. The first-order chi connectivity index (χ1) is 13.6. The minimum atomic E-state index is -0.587. The Kier molecular flexibility index (Phi) is 5.92. The Balaban J connectivity index is 1.34. The number of halogens is 1. The number of anilines is 1. The molecule has 0 saturated carbocycles. The molecule has 28 heavy (non-hydrogen) atoms. The fraction of sp³-hybridized carbons (Fsp3) is 0.619. The van der Waals surface area contributed by atoms with Crippen LogP contribution in [0.15, 0.2) is 18.2 Å². The molecule has 2 amide bonds. The average molecular weight is 389 g/mol. The lowest BCUT2D eigenvalue weighted by Gasteiger charge is -2.36. The van der Waals surface area contributed by atoms with E-state index < -0.39 is 11.8 Å².